The van der Waals surface area contributed by atoms with Crippen LogP contribution in [0.3, 0.4) is 0 Å². The van der Waals surface area contributed by atoms with Gasteiger partial charge in [0.25, 0.3) is 0 Å². The number of carbonyl (C=O) groups is 1. The van der Waals surface area contributed by atoms with Crippen molar-refractivity contribution in [1.29, 1.82) is 0 Å². The van der Waals surface area contributed by atoms with E-state index in [0.29, 0.717) is 18.0 Å². The number of carbonyl (C=O) groups excluding carboxylic acids is 1. The predicted octanol–water partition coefficient (Wildman–Crippen LogP) is 1.57. The van der Waals surface area contributed by atoms with E-state index in [1.165, 1.54) is 12.8 Å². The van der Waals surface area contributed by atoms with E-state index in [2.05, 4.69) is 24.5 Å². The van der Waals surface area contributed by atoms with Gasteiger partial charge in [0, 0.05) is 25.2 Å². The van der Waals surface area contributed by atoms with Gasteiger partial charge in [0.05, 0.1) is 0 Å². The fraction of sp³-hybridized carbons (Fsp3) is 0.923. The highest BCUT2D eigenvalue weighted by Crippen LogP contribution is 2.19. The zero-order valence-corrected chi connectivity index (χ0v) is 11.0. The second kappa shape index (κ2) is 5.71. The van der Waals surface area contributed by atoms with E-state index in [-0.39, 0.29) is 6.03 Å². The minimum absolute atomic E-state index is 0.134. The SMILES string of the molecule is CC(C)CN(CC1CCCN1)C(=O)NC1CC1. The summed E-state index contributed by atoms with van der Waals surface area (Å²) in [6.07, 6.45) is 4.75. The summed E-state index contributed by atoms with van der Waals surface area (Å²) in [7, 11) is 0. The van der Waals surface area contributed by atoms with Gasteiger partial charge >= 0.3 is 6.03 Å². The van der Waals surface area contributed by atoms with Crippen molar-refractivity contribution in [1.82, 2.24) is 15.5 Å². The lowest BCUT2D eigenvalue weighted by Gasteiger charge is -2.27. The second-order valence-corrected chi connectivity index (χ2v) is 5.82. The van der Waals surface area contributed by atoms with Gasteiger partial charge in [-0.3, -0.25) is 0 Å². The first-order chi connectivity index (χ1) is 8.15. The first-order valence-corrected chi connectivity index (χ1v) is 6.94. The van der Waals surface area contributed by atoms with Crippen LogP contribution in [0.15, 0.2) is 0 Å². The summed E-state index contributed by atoms with van der Waals surface area (Å²) in [5.41, 5.74) is 0. The Balaban J connectivity index is 1.83. The lowest BCUT2D eigenvalue weighted by molar-refractivity contribution is 0.184. The molecular weight excluding hydrogens is 214 g/mol. The van der Waals surface area contributed by atoms with Crippen LogP contribution in [0.4, 0.5) is 4.79 Å². The van der Waals surface area contributed by atoms with Crippen molar-refractivity contribution in [3.05, 3.63) is 0 Å². The summed E-state index contributed by atoms with van der Waals surface area (Å²) in [6.45, 7) is 7.15. The summed E-state index contributed by atoms with van der Waals surface area (Å²) in [5.74, 6) is 0.529. The van der Waals surface area contributed by atoms with Crippen molar-refractivity contribution in [2.24, 2.45) is 5.92 Å². The Bertz CT molecular complexity index is 257. The van der Waals surface area contributed by atoms with Gasteiger partial charge in [-0.05, 0) is 38.1 Å². The third-order valence-electron chi connectivity index (χ3n) is 3.38. The normalized spacial score (nSPS) is 24.1. The van der Waals surface area contributed by atoms with Gasteiger partial charge in [-0.25, -0.2) is 4.79 Å². The number of amides is 2. The molecule has 1 aliphatic heterocycles. The van der Waals surface area contributed by atoms with Crippen LogP contribution in [-0.4, -0.2) is 42.6 Å². The zero-order chi connectivity index (χ0) is 12.3. The first-order valence-electron chi connectivity index (χ1n) is 6.94. The van der Waals surface area contributed by atoms with E-state index in [9.17, 15) is 4.79 Å². The maximum atomic E-state index is 12.1. The molecule has 0 bridgehead atoms. The molecule has 98 valence electrons. The number of nitrogens with one attached hydrogen (secondary N) is 2. The second-order valence-electron chi connectivity index (χ2n) is 5.82. The van der Waals surface area contributed by atoms with E-state index in [1.54, 1.807) is 0 Å². The van der Waals surface area contributed by atoms with Crippen LogP contribution in [-0.2, 0) is 0 Å². The number of nitrogens with zero attached hydrogens (tertiary/aromatic N) is 1. The van der Waals surface area contributed by atoms with Gasteiger partial charge in [-0.2, -0.15) is 0 Å². The number of hydrogen-bond donors (Lipinski definition) is 2. The van der Waals surface area contributed by atoms with Crippen molar-refractivity contribution >= 4 is 6.03 Å². The number of hydrogen-bond acceptors (Lipinski definition) is 2. The molecular formula is C13H25N3O. The largest absolute Gasteiger partial charge is 0.335 e. The molecule has 2 N–H and O–H groups in total. The molecule has 4 nitrogen and oxygen atoms in total. The van der Waals surface area contributed by atoms with E-state index in [0.717, 1.165) is 32.5 Å². The van der Waals surface area contributed by atoms with Crippen LogP contribution in [0.25, 0.3) is 0 Å². The van der Waals surface area contributed by atoms with Gasteiger partial charge in [-0.15, -0.1) is 0 Å². The lowest BCUT2D eigenvalue weighted by atomic mass is 10.1. The summed E-state index contributed by atoms with van der Waals surface area (Å²) in [6, 6.07) is 1.09. The summed E-state index contributed by atoms with van der Waals surface area (Å²) >= 11 is 0. The molecule has 0 spiro atoms. The monoisotopic (exact) mass is 239 g/mol. The Hall–Kier alpha value is -0.770. The lowest BCUT2D eigenvalue weighted by Crippen LogP contribution is -2.47. The smallest absolute Gasteiger partial charge is 0.317 e. The third kappa shape index (κ3) is 4.19. The van der Waals surface area contributed by atoms with Crippen LogP contribution < -0.4 is 10.6 Å². The molecule has 4 heteroatoms. The van der Waals surface area contributed by atoms with Gasteiger partial charge in [0.1, 0.15) is 0 Å². The molecule has 0 radical (unpaired) electrons. The molecule has 0 aromatic carbocycles. The molecule has 1 saturated carbocycles. The molecule has 1 atom stereocenters. The molecule has 2 amide bonds. The third-order valence-corrected chi connectivity index (χ3v) is 3.38. The van der Waals surface area contributed by atoms with Gasteiger partial charge < -0.3 is 15.5 Å². The molecule has 1 heterocycles. The standard InChI is InChI=1S/C13H25N3O/c1-10(2)8-16(9-12-4-3-7-14-12)13(17)15-11-5-6-11/h10-12,14H,3-9H2,1-2H3,(H,15,17). The van der Waals surface area contributed by atoms with Crippen molar-refractivity contribution < 1.29 is 4.79 Å². The maximum Gasteiger partial charge on any atom is 0.317 e. The highest BCUT2D eigenvalue weighted by atomic mass is 16.2. The van der Waals surface area contributed by atoms with Crippen LogP contribution in [0.1, 0.15) is 39.5 Å². The fourth-order valence-electron chi connectivity index (χ4n) is 2.35. The average molecular weight is 239 g/mol. The van der Waals surface area contributed by atoms with E-state index in [4.69, 9.17) is 0 Å². The van der Waals surface area contributed by atoms with Crippen LogP contribution in [0.2, 0.25) is 0 Å². The van der Waals surface area contributed by atoms with Crippen molar-refractivity contribution in [3.63, 3.8) is 0 Å². The molecule has 0 aromatic heterocycles. The van der Waals surface area contributed by atoms with E-state index >= 15 is 0 Å². The highest BCUT2D eigenvalue weighted by Gasteiger charge is 2.27. The molecule has 2 fully saturated rings. The average Bonchev–Trinajstić information content (AvgIpc) is 2.92. The summed E-state index contributed by atoms with van der Waals surface area (Å²) < 4.78 is 0. The quantitative estimate of drug-likeness (QED) is 0.765. The number of urea groups is 1. The minimum Gasteiger partial charge on any atom is -0.335 e. The molecule has 1 saturated heterocycles. The Kier molecular flexibility index (Phi) is 4.26. The number of rotatable bonds is 5. The van der Waals surface area contributed by atoms with Crippen molar-refractivity contribution in [2.45, 2.75) is 51.6 Å². The Morgan fingerprint density at radius 3 is 2.71 bits per heavy atom. The van der Waals surface area contributed by atoms with Crippen LogP contribution in [0.5, 0.6) is 0 Å². The molecule has 1 aliphatic carbocycles. The van der Waals surface area contributed by atoms with Crippen LogP contribution >= 0.6 is 0 Å². The van der Waals surface area contributed by atoms with Gasteiger partial charge in [-0.1, -0.05) is 13.8 Å². The van der Waals surface area contributed by atoms with Crippen LogP contribution in [0, 0.1) is 5.92 Å². The molecule has 1 unspecified atom stereocenters. The molecule has 0 aromatic rings. The predicted molar refractivity (Wildman–Crippen MR) is 69.0 cm³/mol. The van der Waals surface area contributed by atoms with E-state index in [1.807, 2.05) is 4.90 Å². The van der Waals surface area contributed by atoms with Crippen molar-refractivity contribution in [2.75, 3.05) is 19.6 Å². The Morgan fingerprint density at radius 2 is 2.18 bits per heavy atom. The summed E-state index contributed by atoms with van der Waals surface area (Å²) in [4.78, 5) is 14.1. The molecule has 17 heavy (non-hydrogen) atoms. The topological polar surface area (TPSA) is 44.4 Å². The van der Waals surface area contributed by atoms with Crippen molar-refractivity contribution in [3.8, 4) is 0 Å². The Morgan fingerprint density at radius 1 is 1.41 bits per heavy atom. The molecule has 2 rings (SSSR count). The van der Waals surface area contributed by atoms with Gasteiger partial charge in [0.2, 0.25) is 0 Å². The summed E-state index contributed by atoms with van der Waals surface area (Å²) in [5, 5.41) is 6.55. The van der Waals surface area contributed by atoms with Gasteiger partial charge in [0.15, 0.2) is 0 Å². The zero-order valence-electron chi connectivity index (χ0n) is 11.0. The Labute approximate surface area is 104 Å². The maximum absolute atomic E-state index is 12.1. The van der Waals surface area contributed by atoms with E-state index < -0.39 is 0 Å². The fourth-order valence-corrected chi connectivity index (χ4v) is 2.35. The highest BCUT2D eigenvalue weighted by molar-refractivity contribution is 5.74. The minimum atomic E-state index is 0.134. The first kappa shape index (κ1) is 12.7. The molecule has 2 aliphatic rings.